The number of benzene rings is 1. The van der Waals surface area contributed by atoms with Gasteiger partial charge in [0.15, 0.2) is 5.82 Å². The van der Waals surface area contributed by atoms with Gasteiger partial charge in [-0.15, -0.1) is 10.2 Å². The standard InChI is InChI=1S/C26H39N7O3/c1-5-13-27-26(35)33(17-16-30(2)3)20-25(34)32-15-6-14-31(18-19-32)24-12-11-23(28-29-24)21-7-9-22(36-4)10-8-21/h7-12H,5-6,13-20H2,1-4H3,(H,27,35). The topological polar surface area (TPSA) is 94.1 Å². The van der Waals surface area contributed by atoms with Crippen LogP contribution < -0.4 is 15.0 Å². The Kier molecular flexibility index (Phi) is 10.3. The van der Waals surface area contributed by atoms with Gasteiger partial charge in [-0.25, -0.2) is 4.79 Å². The fourth-order valence-electron chi connectivity index (χ4n) is 3.99. The zero-order valence-electron chi connectivity index (χ0n) is 21.9. The number of ether oxygens (including phenoxy) is 1. The van der Waals surface area contributed by atoms with E-state index in [-0.39, 0.29) is 18.5 Å². The van der Waals surface area contributed by atoms with E-state index in [9.17, 15) is 9.59 Å². The second-order valence-electron chi connectivity index (χ2n) is 9.18. The van der Waals surface area contributed by atoms with Gasteiger partial charge in [-0.1, -0.05) is 6.92 Å². The predicted octanol–water partition coefficient (Wildman–Crippen LogP) is 2.17. The summed E-state index contributed by atoms with van der Waals surface area (Å²) >= 11 is 0. The molecule has 3 rings (SSSR count). The van der Waals surface area contributed by atoms with E-state index in [2.05, 4.69) is 20.4 Å². The smallest absolute Gasteiger partial charge is 0.317 e. The molecule has 36 heavy (non-hydrogen) atoms. The van der Waals surface area contributed by atoms with Crippen molar-refractivity contribution in [2.45, 2.75) is 19.8 Å². The number of methoxy groups -OCH3 is 1. The molecule has 1 aromatic carbocycles. The molecule has 0 spiro atoms. The van der Waals surface area contributed by atoms with Gasteiger partial charge < -0.3 is 29.7 Å². The van der Waals surface area contributed by atoms with Crippen molar-refractivity contribution in [2.24, 2.45) is 0 Å². The van der Waals surface area contributed by atoms with E-state index >= 15 is 0 Å². The lowest BCUT2D eigenvalue weighted by Crippen LogP contribution is -2.49. The highest BCUT2D eigenvalue weighted by atomic mass is 16.5. The molecule has 196 valence electrons. The highest BCUT2D eigenvalue weighted by molar-refractivity contribution is 5.84. The Hall–Kier alpha value is -3.40. The molecule has 0 unspecified atom stereocenters. The molecule has 1 N–H and O–H groups in total. The number of nitrogens with one attached hydrogen (secondary N) is 1. The average molecular weight is 498 g/mol. The zero-order chi connectivity index (χ0) is 25.9. The molecule has 0 atom stereocenters. The van der Waals surface area contributed by atoms with E-state index in [4.69, 9.17) is 4.74 Å². The van der Waals surface area contributed by atoms with Crippen molar-refractivity contribution in [1.29, 1.82) is 0 Å². The van der Waals surface area contributed by atoms with Crippen molar-refractivity contribution in [3.8, 4) is 17.0 Å². The molecule has 1 aromatic heterocycles. The number of hydrogen-bond donors (Lipinski definition) is 1. The molecule has 10 heteroatoms. The van der Waals surface area contributed by atoms with Crippen molar-refractivity contribution >= 4 is 17.8 Å². The summed E-state index contributed by atoms with van der Waals surface area (Å²) in [5.74, 6) is 1.57. The SMILES string of the molecule is CCCNC(=O)N(CCN(C)C)CC(=O)N1CCCN(c2ccc(-c3ccc(OC)cc3)nn2)CC1. The first-order valence-corrected chi connectivity index (χ1v) is 12.6. The minimum atomic E-state index is -0.185. The van der Waals surface area contributed by atoms with Gasteiger partial charge in [-0.3, -0.25) is 4.79 Å². The Morgan fingerprint density at radius 2 is 1.78 bits per heavy atom. The van der Waals surface area contributed by atoms with Crippen LogP contribution in [-0.4, -0.2) is 110 Å². The predicted molar refractivity (Wildman–Crippen MR) is 141 cm³/mol. The first-order chi connectivity index (χ1) is 17.4. The number of carbonyl (C=O) groups is 2. The first-order valence-electron chi connectivity index (χ1n) is 12.6. The number of rotatable bonds is 10. The molecule has 3 amide bonds. The van der Waals surface area contributed by atoms with Crippen LogP contribution in [0.4, 0.5) is 10.6 Å². The maximum absolute atomic E-state index is 13.1. The van der Waals surface area contributed by atoms with E-state index in [1.165, 1.54) is 0 Å². The molecule has 0 saturated carbocycles. The van der Waals surface area contributed by atoms with Crippen molar-refractivity contribution in [1.82, 2.24) is 30.2 Å². The van der Waals surface area contributed by atoms with E-state index in [1.54, 1.807) is 12.0 Å². The van der Waals surface area contributed by atoms with Crippen LogP contribution in [0.15, 0.2) is 36.4 Å². The average Bonchev–Trinajstić information content (AvgIpc) is 3.16. The third-order valence-corrected chi connectivity index (χ3v) is 6.17. The van der Waals surface area contributed by atoms with Gasteiger partial charge in [0.1, 0.15) is 12.3 Å². The van der Waals surface area contributed by atoms with Crippen LogP contribution >= 0.6 is 0 Å². The fourth-order valence-corrected chi connectivity index (χ4v) is 3.99. The molecule has 10 nitrogen and oxygen atoms in total. The Morgan fingerprint density at radius 3 is 2.42 bits per heavy atom. The molecule has 2 aromatic rings. The van der Waals surface area contributed by atoms with Crippen molar-refractivity contribution in [3.05, 3.63) is 36.4 Å². The lowest BCUT2D eigenvalue weighted by Gasteiger charge is -2.28. The van der Waals surface area contributed by atoms with Gasteiger partial charge in [-0.05, 0) is 63.3 Å². The largest absolute Gasteiger partial charge is 0.497 e. The highest BCUT2D eigenvalue weighted by Gasteiger charge is 2.24. The Bertz CT molecular complexity index is 967. The summed E-state index contributed by atoms with van der Waals surface area (Å²) in [6.45, 7) is 6.60. The number of hydrogen-bond acceptors (Lipinski definition) is 7. The van der Waals surface area contributed by atoms with E-state index in [0.717, 1.165) is 42.2 Å². The molecule has 1 fully saturated rings. The lowest BCUT2D eigenvalue weighted by atomic mass is 10.1. The molecule has 0 aliphatic carbocycles. The normalized spacial score (nSPS) is 13.9. The van der Waals surface area contributed by atoms with Crippen LogP contribution in [0.1, 0.15) is 19.8 Å². The van der Waals surface area contributed by atoms with Crippen LogP contribution in [0, 0.1) is 0 Å². The van der Waals surface area contributed by atoms with E-state index in [1.807, 2.05) is 67.2 Å². The summed E-state index contributed by atoms with van der Waals surface area (Å²) in [4.78, 5) is 33.3. The molecule has 1 aliphatic rings. The fraction of sp³-hybridized carbons (Fsp3) is 0.538. The van der Waals surface area contributed by atoms with Gasteiger partial charge in [0.25, 0.3) is 0 Å². The minimum Gasteiger partial charge on any atom is -0.497 e. The second kappa shape index (κ2) is 13.6. The maximum Gasteiger partial charge on any atom is 0.317 e. The zero-order valence-corrected chi connectivity index (χ0v) is 21.9. The molecule has 2 heterocycles. The van der Waals surface area contributed by atoms with Crippen LogP contribution in [0.25, 0.3) is 11.3 Å². The third kappa shape index (κ3) is 7.81. The Balaban J connectivity index is 1.58. The molecule has 1 aliphatic heterocycles. The number of carbonyl (C=O) groups excluding carboxylic acids is 2. The summed E-state index contributed by atoms with van der Waals surface area (Å²) in [5, 5.41) is 11.8. The van der Waals surface area contributed by atoms with E-state index in [0.29, 0.717) is 39.3 Å². The maximum atomic E-state index is 13.1. The van der Waals surface area contributed by atoms with Gasteiger partial charge in [0.2, 0.25) is 5.91 Å². The quantitative estimate of drug-likeness (QED) is 0.538. The number of likely N-dealkylation sites (N-methyl/N-ethyl adjacent to an activating group) is 1. The minimum absolute atomic E-state index is 0.0248. The summed E-state index contributed by atoms with van der Waals surface area (Å²) in [6.07, 6.45) is 1.68. The summed E-state index contributed by atoms with van der Waals surface area (Å²) < 4.78 is 5.22. The molecule has 0 bridgehead atoms. The first kappa shape index (κ1) is 27.2. The van der Waals surface area contributed by atoms with Gasteiger partial charge in [-0.2, -0.15) is 0 Å². The van der Waals surface area contributed by atoms with Crippen LogP contribution in [0.2, 0.25) is 0 Å². The Labute approximate surface area is 214 Å². The van der Waals surface area contributed by atoms with Crippen LogP contribution in [-0.2, 0) is 4.79 Å². The van der Waals surface area contributed by atoms with Crippen molar-refractivity contribution in [3.63, 3.8) is 0 Å². The summed E-state index contributed by atoms with van der Waals surface area (Å²) in [6, 6.07) is 11.5. The monoisotopic (exact) mass is 497 g/mol. The van der Waals surface area contributed by atoms with Gasteiger partial charge in [0.05, 0.1) is 12.8 Å². The number of aromatic nitrogens is 2. The molecular weight excluding hydrogens is 458 g/mol. The van der Waals surface area contributed by atoms with E-state index < -0.39 is 0 Å². The number of nitrogens with zero attached hydrogens (tertiary/aromatic N) is 6. The van der Waals surface area contributed by atoms with Gasteiger partial charge >= 0.3 is 6.03 Å². The number of urea groups is 1. The number of amides is 3. The Morgan fingerprint density at radius 1 is 1.00 bits per heavy atom. The van der Waals surface area contributed by atoms with Crippen LogP contribution in [0.3, 0.4) is 0 Å². The van der Waals surface area contributed by atoms with Crippen molar-refractivity contribution in [2.75, 3.05) is 78.5 Å². The molecule has 0 radical (unpaired) electrons. The molecule has 1 saturated heterocycles. The van der Waals surface area contributed by atoms with Crippen LogP contribution in [0.5, 0.6) is 5.75 Å². The summed E-state index contributed by atoms with van der Waals surface area (Å²) in [7, 11) is 5.56. The second-order valence-corrected chi connectivity index (χ2v) is 9.18. The summed E-state index contributed by atoms with van der Waals surface area (Å²) in [5.41, 5.74) is 1.77. The highest BCUT2D eigenvalue weighted by Crippen LogP contribution is 2.22. The number of anilines is 1. The van der Waals surface area contributed by atoms with Crippen molar-refractivity contribution < 1.29 is 14.3 Å². The third-order valence-electron chi connectivity index (χ3n) is 6.17. The molecular formula is C26H39N7O3. The lowest BCUT2D eigenvalue weighted by molar-refractivity contribution is -0.131. The van der Waals surface area contributed by atoms with Gasteiger partial charge in [0, 0.05) is 51.4 Å².